The molecule has 0 spiro atoms. The van der Waals surface area contributed by atoms with E-state index in [0.717, 1.165) is 10.7 Å². The van der Waals surface area contributed by atoms with Crippen molar-refractivity contribution in [2.24, 2.45) is 11.7 Å². The quantitative estimate of drug-likeness (QED) is 0.858. The van der Waals surface area contributed by atoms with Crippen LogP contribution in [0, 0.1) is 19.8 Å². The number of carbonyl (C=O) groups excluding carboxylic acids is 1. The Hall–Kier alpha value is -0.740. The van der Waals surface area contributed by atoms with Crippen molar-refractivity contribution in [3.05, 3.63) is 15.6 Å². The van der Waals surface area contributed by atoms with Crippen molar-refractivity contribution in [3.8, 4) is 0 Å². The maximum atomic E-state index is 11.7. The van der Waals surface area contributed by atoms with Crippen LogP contribution in [0.4, 0.5) is 0 Å². The molecule has 0 aliphatic heterocycles. The molecular formula is C12H20N2OS. The smallest absolute Gasteiger partial charge is 0.141 e. The van der Waals surface area contributed by atoms with E-state index in [9.17, 15) is 4.79 Å². The summed E-state index contributed by atoms with van der Waals surface area (Å²) in [5, 5.41) is 0.913. The van der Waals surface area contributed by atoms with Gasteiger partial charge in [0.25, 0.3) is 0 Å². The summed E-state index contributed by atoms with van der Waals surface area (Å²) in [6.45, 7) is 8.08. The molecular weight excluding hydrogens is 220 g/mol. The number of nitrogens with zero attached hydrogens (tertiary/aromatic N) is 1. The summed E-state index contributed by atoms with van der Waals surface area (Å²) in [6, 6.07) is -0.0327. The molecule has 90 valence electrons. The Morgan fingerprint density at radius 2 is 2.06 bits per heavy atom. The highest BCUT2D eigenvalue weighted by atomic mass is 32.1. The summed E-state index contributed by atoms with van der Waals surface area (Å²) in [4.78, 5) is 17.3. The molecule has 2 N–H and O–H groups in total. The van der Waals surface area contributed by atoms with Gasteiger partial charge < -0.3 is 5.73 Å². The Morgan fingerprint density at radius 1 is 1.44 bits per heavy atom. The number of aryl methyl sites for hydroxylation is 2. The van der Waals surface area contributed by atoms with Crippen LogP contribution >= 0.6 is 11.3 Å². The van der Waals surface area contributed by atoms with Crippen LogP contribution in [0.5, 0.6) is 0 Å². The van der Waals surface area contributed by atoms with Crippen molar-refractivity contribution in [1.82, 2.24) is 4.98 Å². The predicted octanol–water partition coefficient (Wildman–Crippen LogP) is 2.24. The first-order chi connectivity index (χ1) is 7.40. The van der Waals surface area contributed by atoms with Crippen molar-refractivity contribution in [2.45, 2.75) is 46.6 Å². The van der Waals surface area contributed by atoms with Gasteiger partial charge >= 0.3 is 0 Å². The molecule has 0 bridgehead atoms. The molecule has 1 aromatic rings. The fourth-order valence-corrected chi connectivity index (χ4v) is 2.32. The van der Waals surface area contributed by atoms with E-state index < -0.39 is 0 Å². The molecule has 1 atom stereocenters. The average Bonchev–Trinajstić information content (AvgIpc) is 2.45. The van der Waals surface area contributed by atoms with Crippen molar-refractivity contribution in [3.63, 3.8) is 0 Å². The second-order valence-electron chi connectivity index (χ2n) is 4.58. The zero-order valence-electron chi connectivity index (χ0n) is 10.4. The van der Waals surface area contributed by atoms with Crippen LogP contribution in [0.1, 0.15) is 35.8 Å². The normalized spacial score (nSPS) is 13.1. The molecule has 3 nitrogen and oxygen atoms in total. The zero-order valence-corrected chi connectivity index (χ0v) is 11.2. The topological polar surface area (TPSA) is 56.0 Å². The van der Waals surface area contributed by atoms with Crippen molar-refractivity contribution in [1.29, 1.82) is 0 Å². The number of hydrogen-bond donors (Lipinski definition) is 1. The molecule has 0 radical (unpaired) electrons. The van der Waals surface area contributed by atoms with Gasteiger partial charge in [0.1, 0.15) is 10.8 Å². The third-order valence-electron chi connectivity index (χ3n) is 2.74. The number of Topliss-reactive ketones (excluding diaryl/α,β-unsaturated/α-hetero) is 1. The summed E-state index contributed by atoms with van der Waals surface area (Å²) in [7, 11) is 0. The molecule has 1 heterocycles. The van der Waals surface area contributed by atoms with Gasteiger partial charge in [-0.3, -0.25) is 4.79 Å². The first-order valence-corrected chi connectivity index (χ1v) is 6.42. The standard InChI is InChI=1S/C12H20N2OS/c1-7(2)11(13)5-10(15)6-12-14-8(3)9(4)16-12/h7,11H,5-6,13H2,1-4H3. The predicted molar refractivity (Wildman–Crippen MR) is 67.7 cm³/mol. The number of rotatable bonds is 5. The molecule has 4 heteroatoms. The summed E-state index contributed by atoms with van der Waals surface area (Å²) >= 11 is 1.61. The van der Waals surface area contributed by atoms with Gasteiger partial charge in [-0.2, -0.15) is 0 Å². The lowest BCUT2D eigenvalue weighted by Gasteiger charge is -2.13. The van der Waals surface area contributed by atoms with E-state index in [-0.39, 0.29) is 11.8 Å². The van der Waals surface area contributed by atoms with Gasteiger partial charge in [0, 0.05) is 17.3 Å². The monoisotopic (exact) mass is 240 g/mol. The lowest BCUT2D eigenvalue weighted by atomic mass is 9.99. The number of ketones is 1. The zero-order chi connectivity index (χ0) is 12.3. The van der Waals surface area contributed by atoms with Gasteiger partial charge in [0.05, 0.1) is 12.1 Å². The summed E-state index contributed by atoms with van der Waals surface area (Å²) in [6.07, 6.45) is 0.884. The number of aromatic nitrogens is 1. The third kappa shape index (κ3) is 3.68. The van der Waals surface area contributed by atoms with Crippen LogP contribution in [-0.2, 0) is 11.2 Å². The fourth-order valence-electron chi connectivity index (χ4n) is 1.35. The molecule has 1 aromatic heterocycles. The van der Waals surface area contributed by atoms with Crippen molar-refractivity contribution >= 4 is 17.1 Å². The van der Waals surface area contributed by atoms with Crippen LogP contribution in [0.15, 0.2) is 0 Å². The largest absolute Gasteiger partial charge is 0.327 e. The SMILES string of the molecule is Cc1nc(CC(=O)CC(N)C(C)C)sc1C. The molecule has 1 unspecified atom stereocenters. The minimum absolute atomic E-state index is 0.0327. The van der Waals surface area contributed by atoms with E-state index in [1.807, 2.05) is 27.7 Å². The van der Waals surface area contributed by atoms with Gasteiger partial charge in [-0.1, -0.05) is 13.8 Å². The second kappa shape index (κ2) is 5.55. The molecule has 0 saturated carbocycles. The average molecular weight is 240 g/mol. The minimum Gasteiger partial charge on any atom is -0.327 e. The Morgan fingerprint density at radius 3 is 2.50 bits per heavy atom. The maximum Gasteiger partial charge on any atom is 0.141 e. The maximum absolute atomic E-state index is 11.7. The number of nitrogens with two attached hydrogens (primary N) is 1. The van der Waals surface area contributed by atoms with Crippen molar-refractivity contribution in [2.75, 3.05) is 0 Å². The van der Waals surface area contributed by atoms with Crippen LogP contribution in [0.2, 0.25) is 0 Å². The van der Waals surface area contributed by atoms with Gasteiger partial charge in [-0.05, 0) is 19.8 Å². The third-order valence-corrected chi connectivity index (χ3v) is 3.81. The van der Waals surface area contributed by atoms with Crippen LogP contribution in [0.25, 0.3) is 0 Å². The van der Waals surface area contributed by atoms with Crippen LogP contribution in [-0.4, -0.2) is 16.8 Å². The highest BCUT2D eigenvalue weighted by Crippen LogP contribution is 2.17. The van der Waals surface area contributed by atoms with Crippen molar-refractivity contribution < 1.29 is 4.79 Å². The van der Waals surface area contributed by atoms with Gasteiger partial charge in [0.15, 0.2) is 0 Å². The van der Waals surface area contributed by atoms with E-state index >= 15 is 0 Å². The minimum atomic E-state index is -0.0327. The fraction of sp³-hybridized carbons (Fsp3) is 0.667. The Bertz CT molecular complexity index is 352. The summed E-state index contributed by atoms with van der Waals surface area (Å²) in [5.41, 5.74) is 6.90. The van der Waals surface area contributed by atoms with E-state index in [2.05, 4.69) is 4.98 Å². The first-order valence-electron chi connectivity index (χ1n) is 5.60. The van der Waals surface area contributed by atoms with Crippen LogP contribution in [0.3, 0.4) is 0 Å². The molecule has 0 aliphatic rings. The Balaban J connectivity index is 2.52. The van der Waals surface area contributed by atoms with E-state index in [0.29, 0.717) is 18.8 Å². The highest BCUT2D eigenvalue weighted by molar-refractivity contribution is 7.11. The Labute approximate surface area is 101 Å². The number of hydrogen-bond acceptors (Lipinski definition) is 4. The first kappa shape index (κ1) is 13.3. The van der Waals surface area contributed by atoms with Gasteiger partial charge in [0.2, 0.25) is 0 Å². The van der Waals surface area contributed by atoms with E-state index in [4.69, 9.17) is 5.73 Å². The molecule has 0 saturated heterocycles. The lowest BCUT2D eigenvalue weighted by Crippen LogP contribution is -2.29. The second-order valence-corrected chi connectivity index (χ2v) is 5.86. The molecule has 0 aromatic carbocycles. The number of thiazole rings is 1. The molecule has 1 rings (SSSR count). The molecule has 0 fully saturated rings. The lowest BCUT2D eigenvalue weighted by molar-refractivity contribution is -0.118. The molecule has 0 amide bonds. The summed E-state index contributed by atoms with van der Waals surface area (Å²) in [5.74, 6) is 0.540. The molecule has 0 aliphatic carbocycles. The van der Waals surface area contributed by atoms with E-state index in [1.54, 1.807) is 11.3 Å². The van der Waals surface area contributed by atoms with Gasteiger partial charge in [-0.25, -0.2) is 4.98 Å². The summed E-state index contributed by atoms with van der Waals surface area (Å²) < 4.78 is 0. The molecule has 16 heavy (non-hydrogen) atoms. The van der Waals surface area contributed by atoms with E-state index in [1.165, 1.54) is 4.88 Å². The van der Waals surface area contributed by atoms with Crippen LogP contribution < -0.4 is 5.73 Å². The Kier molecular flexibility index (Phi) is 4.62. The highest BCUT2D eigenvalue weighted by Gasteiger charge is 2.15. The number of carbonyl (C=O) groups is 1. The van der Waals surface area contributed by atoms with Gasteiger partial charge in [-0.15, -0.1) is 11.3 Å².